The van der Waals surface area contributed by atoms with Crippen molar-refractivity contribution < 1.29 is 14.3 Å². The molecule has 0 aliphatic rings. The molecule has 0 spiro atoms. The van der Waals surface area contributed by atoms with Crippen LogP contribution in [0.1, 0.15) is 22.5 Å². The van der Waals surface area contributed by atoms with E-state index in [4.69, 9.17) is 4.74 Å². The minimum Gasteiger partial charge on any atom is -0.461 e. The molecule has 1 heterocycles. The van der Waals surface area contributed by atoms with Crippen molar-refractivity contribution in [2.75, 3.05) is 13.2 Å². The normalized spacial score (nSPS) is 9.65. The van der Waals surface area contributed by atoms with Crippen LogP contribution < -0.4 is 5.32 Å². The number of esters is 1. The van der Waals surface area contributed by atoms with E-state index in [9.17, 15) is 9.59 Å². The highest BCUT2D eigenvalue weighted by Gasteiger charge is 2.06. The molecule has 0 unspecified atom stereocenters. The second-order valence-corrected chi connectivity index (χ2v) is 4.26. The van der Waals surface area contributed by atoms with E-state index in [1.165, 1.54) is 17.4 Å². The van der Waals surface area contributed by atoms with Crippen LogP contribution in [0.2, 0.25) is 0 Å². The summed E-state index contributed by atoms with van der Waals surface area (Å²) in [5, 5.41) is 4.59. The maximum Gasteiger partial charge on any atom is 0.306 e. The fraction of sp³-hybridized carbons (Fsp3) is 0.333. The molecular formula is C12H15NO3S. The van der Waals surface area contributed by atoms with E-state index in [2.05, 4.69) is 11.9 Å². The van der Waals surface area contributed by atoms with Gasteiger partial charge in [-0.25, -0.2) is 0 Å². The molecule has 0 atom stereocenters. The smallest absolute Gasteiger partial charge is 0.306 e. The predicted octanol–water partition coefficient (Wildman–Crippen LogP) is 1.99. The summed E-state index contributed by atoms with van der Waals surface area (Å²) in [6, 6.07) is 3.59. The molecule has 1 aromatic heterocycles. The summed E-state index contributed by atoms with van der Waals surface area (Å²) in [6.45, 7) is 4.16. The Labute approximate surface area is 104 Å². The molecule has 0 aliphatic carbocycles. The Morgan fingerprint density at radius 3 is 3.00 bits per heavy atom. The van der Waals surface area contributed by atoms with Gasteiger partial charge in [0.1, 0.15) is 6.61 Å². The van der Waals surface area contributed by atoms with Gasteiger partial charge in [-0.3, -0.25) is 9.59 Å². The van der Waals surface area contributed by atoms with Gasteiger partial charge in [0.05, 0.1) is 4.88 Å². The molecule has 0 fully saturated rings. The molecule has 1 amide bonds. The molecule has 17 heavy (non-hydrogen) atoms. The minimum atomic E-state index is -0.268. The average Bonchev–Trinajstić information content (AvgIpc) is 2.85. The highest BCUT2D eigenvalue weighted by Crippen LogP contribution is 2.07. The van der Waals surface area contributed by atoms with Gasteiger partial charge in [-0.15, -0.1) is 11.3 Å². The maximum absolute atomic E-state index is 11.5. The Balaban J connectivity index is 2.10. The topological polar surface area (TPSA) is 55.4 Å². The van der Waals surface area contributed by atoms with Crippen molar-refractivity contribution in [1.29, 1.82) is 0 Å². The van der Waals surface area contributed by atoms with E-state index >= 15 is 0 Å². The molecule has 92 valence electrons. The van der Waals surface area contributed by atoms with Gasteiger partial charge in [-0.05, 0) is 17.9 Å². The number of carbonyl (C=O) groups excluding carboxylic acids is 2. The van der Waals surface area contributed by atoms with E-state index < -0.39 is 0 Å². The number of nitrogens with one attached hydrogen (secondary N) is 1. The number of hydrogen-bond donors (Lipinski definition) is 1. The first kappa shape index (κ1) is 13.4. The third kappa shape index (κ3) is 5.31. The van der Waals surface area contributed by atoms with E-state index in [1.54, 1.807) is 6.07 Å². The van der Waals surface area contributed by atoms with Crippen LogP contribution >= 0.6 is 11.3 Å². The lowest BCUT2D eigenvalue weighted by Gasteiger charge is -2.03. The van der Waals surface area contributed by atoms with Crippen molar-refractivity contribution >= 4 is 23.2 Å². The first-order chi connectivity index (χ1) is 8.24. The van der Waals surface area contributed by atoms with Crippen molar-refractivity contribution in [2.24, 2.45) is 0 Å². The molecule has 0 bridgehead atoms. The first-order valence-electron chi connectivity index (χ1n) is 5.32. The zero-order valence-corrected chi connectivity index (χ0v) is 10.3. The third-order valence-electron chi connectivity index (χ3n) is 1.95. The van der Waals surface area contributed by atoms with E-state index in [0.29, 0.717) is 24.3 Å². The number of carbonyl (C=O) groups is 2. The summed E-state index contributed by atoms with van der Waals surface area (Å²) in [7, 11) is 0. The largest absolute Gasteiger partial charge is 0.461 e. The van der Waals surface area contributed by atoms with E-state index in [0.717, 1.165) is 0 Å². The van der Waals surface area contributed by atoms with Gasteiger partial charge in [-0.1, -0.05) is 18.7 Å². The van der Waals surface area contributed by atoms with Crippen molar-refractivity contribution in [3.8, 4) is 0 Å². The summed E-state index contributed by atoms with van der Waals surface area (Å²) in [4.78, 5) is 23.3. The number of thiophene rings is 1. The van der Waals surface area contributed by atoms with Crippen LogP contribution in [0.25, 0.3) is 0 Å². The van der Waals surface area contributed by atoms with Crippen LogP contribution in [-0.2, 0) is 9.53 Å². The van der Waals surface area contributed by atoms with Crippen molar-refractivity contribution in [1.82, 2.24) is 5.32 Å². The van der Waals surface area contributed by atoms with Crippen LogP contribution in [-0.4, -0.2) is 25.0 Å². The van der Waals surface area contributed by atoms with Gasteiger partial charge in [0, 0.05) is 13.0 Å². The summed E-state index contributed by atoms with van der Waals surface area (Å²) < 4.78 is 4.80. The van der Waals surface area contributed by atoms with Crippen molar-refractivity contribution in [2.45, 2.75) is 12.8 Å². The van der Waals surface area contributed by atoms with Gasteiger partial charge < -0.3 is 10.1 Å². The SMILES string of the molecule is C=CCOC(=O)CCCNC(=O)c1cccs1. The fourth-order valence-corrected chi connectivity index (χ4v) is 1.79. The fourth-order valence-electron chi connectivity index (χ4n) is 1.15. The lowest BCUT2D eigenvalue weighted by atomic mass is 10.3. The zero-order chi connectivity index (χ0) is 12.5. The van der Waals surface area contributed by atoms with Crippen molar-refractivity contribution in [3.05, 3.63) is 35.0 Å². The van der Waals surface area contributed by atoms with E-state index in [-0.39, 0.29) is 18.5 Å². The van der Waals surface area contributed by atoms with Crippen LogP contribution in [0.5, 0.6) is 0 Å². The second kappa shape index (κ2) is 7.62. The van der Waals surface area contributed by atoms with E-state index in [1.807, 2.05) is 11.4 Å². The highest BCUT2D eigenvalue weighted by molar-refractivity contribution is 7.12. The Kier molecular flexibility index (Phi) is 6.03. The summed E-state index contributed by atoms with van der Waals surface area (Å²) in [5.41, 5.74) is 0. The molecule has 4 nitrogen and oxygen atoms in total. The Hall–Kier alpha value is -1.62. The van der Waals surface area contributed by atoms with Gasteiger partial charge in [0.25, 0.3) is 5.91 Å². The molecule has 1 rings (SSSR count). The summed E-state index contributed by atoms with van der Waals surface area (Å²) >= 11 is 1.39. The van der Waals surface area contributed by atoms with Crippen LogP contribution in [0.3, 0.4) is 0 Å². The predicted molar refractivity (Wildman–Crippen MR) is 67.0 cm³/mol. The standard InChI is InChI=1S/C12H15NO3S/c1-2-8-16-11(14)6-3-7-13-12(15)10-5-4-9-17-10/h2,4-5,9H,1,3,6-8H2,(H,13,15). The first-order valence-corrected chi connectivity index (χ1v) is 6.20. The number of amides is 1. The van der Waals surface area contributed by atoms with Crippen LogP contribution in [0, 0.1) is 0 Å². The molecule has 0 saturated heterocycles. The molecule has 1 aromatic rings. The summed E-state index contributed by atoms with van der Waals surface area (Å²) in [5.74, 6) is -0.366. The Morgan fingerprint density at radius 2 is 2.35 bits per heavy atom. The lowest BCUT2D eigenvalue weighted by Crippen LogP contribution is -2.24. The summed E-state index contributed by atoms with van der Waals surface area (Å²) in [6.07, 6.45) is 2.40. The molecule has 0 saturated carbocycles. The molecule has 0 aliphatic heterocycles. The number of rotatable bonds is 7. The molecule has 0 radical (unpaired) electrons. The number of hydrogen-bond acceptors (Lipinski definition) is 4. The Bertz CT molecular complexity index is 373. The molecule has 1 N–H and O–H groups in total. The lowest BCUT2D eigenvalue weighted by molar-refractivity contribution is -0.142. The van der Waals surface area contributed by atoms with Gasteiger partial charge in [0.2, 0.25) is 0 Å². The third-order valence-corrected chi connectivity index (χ3v) is 2.82. The monoisotopic (exact) mass is 253 g/mol. The quantitative estimate of drug-likeness (QED) is 0.459. The molecule has 0 aromatic carbocycles. The van der Waals surface area contributed by atoms with Crippen LogP contribution in [0.15, 0.2) is 30.2 Å². The zero-order valence-electron chi connectivity index (χ0n) is 9.48. The Morgan fingerprint density at radius 1 is 1.53 bits per heavy atom. The van der Waals surface area contributed by atoms with Gasteiger partial charge in [-0.2, -0.15) is 0 Å². The second-order valence-electron chi connectivity index (χ2n) is 3.31. The number of ether oxygens (including phenoxy) is 1. The van der Waals surface area contributed by atoms with Gasteiger partial charge in [0.15, 0.2) is 0 Å². The highest BCUT2D eigenvalue weighted by atomic mass is 32.1. The van der Waals surface area contributed by atoms with Crippen LogP contribution in [0.4, 0.5) is 0 Å². The minimum absolute atomic E-state index is 0.0977. The molecule has 5 heteroatoms. The van der Waals surface area contributed by atoms with Gasteiger partial charge >= 0.3 is 5.97 Å². The maximum atomic E-state index is 11.5. The van der Waals surface area contributed by atoms with Crippen molar-refractivity contribution in [3.63, 3.8) is 0 Å². The molecular weight excluding hydrogens is 238 g/mol. The average molecular weight is 253 g/mol.